The fourth-order valence-corrected chi connectivity index (χ4v) is 2.47. The molecule has 1 aromatic heterocycles. The van der Waals surface area contributed by atoms with Crippen molar-refractivity contribution < 1.29 is 9.53 Å². The summed E-state index contributed by atoms with van der Waals surface area (Å²) in [7, 11) is 3.48. The van der Waals surface area contributed by atoms with E-state index in [1.807, 2.05) is 48.1 Å². The number of hydrogen-bond donors (Lipinski definition) is 0. The molecular weight excluding hydrogens is 264 g/mol. The SMILES string of the molecule is COc1cccc(C(=O)Cc2nn(C)c3ccccc23)c1. The van der Waals surface area contributed by atoms with E-state index >= 15 is 0 Å². The van der Waals surface area contributed by atoms with Crippen LogP contribution >= 0.6 is 0 Å². The first kappa shape index (κ1) is 13.4. The predicted molar refractivity (Wildman–Crippen MR) is 81.7 cm³/mol. The van der Waals surface area contributed by atoms with Crippen LogP contribution in [0, 0.1) is 0 Å². The number of methoxy groups -OCH3 is 1. The number of carbonyl (C=O) groups excluding carboxylic acids is 1. The maximum atomic E-state index is 12.4. The number of ketones is 1. The molecule has 0 unspecified atom stereocenters. The first-order chi connectivity index (χ1) is 10.2. The van der Waals surface area contributed by atoms with E-state index in [4.69, 9.17) is 4.74 Å². The Hall–Kier alpha value is -2.62. The molecule has 0 radical (unpaired) electrons. The lowest BCUT2D eigenvalue weighted by Gasteiger charge is -2.03. The normalized spacial score (nSPS) is 10.8. The smallest absolute Gasteiger partial charge is 0.169 e. The minimum atomic E-state index is 0.0396. The van der Waals surface area contributed by atoms with Crippen molar-refractivity contribution in [2.24, 2.45) is 7.05 Å². The highest BCUT2D eigenvalue weighted by Crippen LogP contribution is 2.20. The van der Waals surface area contributed by atoms with E-state index in [2.05, 4.69) is 5.10 Å². The Morgan fingerprint density at radius 1 is 1.19 bits per heavy atom. The van der Waals surface area contributed by atoms with E-state index in [1.165, 1.54) is 0 Å². The fourth-order valence-electron chi connectivity index (χ4n) is 2.47. The number of hydrogen-bond acceptors (Lipinski definition) is 3. The Bertz CT molecular complexity index is 805. The van der Waals surface area contributed by atoms with Crippen molar-refractivity contribution in [1.29, 1.82) is 0 Å². The highest BCUT2D eigenvalue weighted by atomic mass is 16.5. The second-order valence-corrected chi connectivity index (χ2v) is 4.92. The number of ether oxygens (including phenoxy) is 1. The van der Waals surface area contributed by atoms with Gasteiger partial charge in [-0.1, -0.05) is 30.3 Å². The summed E-state index contributed by atoms with van der Waals surface area (Å²) in [5, 5.41) is 5.49. The molecule has 0 amide bonds. The standard InChI is InChI=1S/C17H16N2O2/c1-19-16-9-4-3-8-14(16)15(18-19)11-17(20)12-6-5-7-13(10-12)21-2/h3-10H,11H2,1-2H3. The average molecular weight is 280 g/mol. The summed E-state index contributed by atoms with van der Waals surface area (Å²) in [5.41, 5.74) is 2.48. The Morgan fingerprint density at radius 2 is 2.00 bits per heavy atom. The number of aryl methyl sites for hydroxylation is 1. The third-order valence-corrected chi connectivity index (χ3v) is 3.55. The van der Waals surface area contributed by atoms with Crippen LogP contribution in [0.15, 0.2) is 48.5 Å². The van der Waals surface area contributed by atoms with Gasteiger partial charge in [0, 0.05) is 18.0 Å². The number of Topliss-reactive ketones (excluding diaryl/α,β-unsaturated/α-hetero) is 1. The molecule has 3 aromatic rings. The summed E-state index contributed by atoms with van der Waals surface area (Å²) in [6.45, 7) is 0. The first-order valence-corrected chi connectivity index (χ1v) is 6.77. The molecule has 2 aromatic carbocycles. The van der Waals surface area contributed by atoms with Gasteiger partial charge in [0.15, 0.2) is 5.78 Å². The van der Waals surface area contributed by atoms with E-state index in [0.717, 1.165) is 16.6 Å². The lowest BCUT2D eigenvalue weighted by Crippen LogP contribution is -2.05. The van der Waals surface area contributed by atoms with Gasteiger partial charge in [-0.3, -0.25) is 9.48 Å². The maximum absolute atomic E-state index is 12.4. The number of nitrogens with zero attached hydrogens (tertiary/aromatic N) is 2. The summed E-state index contributed by atoms with van der Waals surface area (Å²) in [4.78, 5) is 12.4. The molecule has 0 fully saturated rings. The molecule has 0 N–H and O–H groups in total. The molecular formula is C17H16N2O2. The lowest BCUT2D eigenvalue weighted by atomic mass is 10.0. The quantitative estimate of drug-likeness (QED) is 0.690. The summed E-state index contributed by atoms with van der Waals surface area (Å²) < 4.78 is 6.97. The number of aromatic nitrogens is 2. The highest BCUT2D eigenvalue weighted by molar-refractivity contribution is 5.99. The van der Waals surface area contributed by atoms with E-state index in [1.54, 1.807) is 19.2 Å². The van der Waals surface area contributed by atoms with Gasteiger partial charge in [0.25, 0.3) is 0 Å². The van der Waals surface area contributed by atoms with Crippen LogP contribution in [0.2, 0.25) is 0 Å². The topological polar surface area (TPSA) is 44.1 Å². The highest BCUT2D eigenvalue weighted by Gasteiger charge is 2.14. The van der Waals surface area contributed by atoms with Crippen LogP contribution in [-0.2, 0) is 13.5 Å². The number of rotatable bonds is 4. The molecule has 0 spiro atoms. The van der Waals surface area contributed by atoms with Crippen LogP contribution in [0.25, 0.3) is 10.9 Å². The van der Waals surface area contributed by atoms with E-state index in [9.17, 15) is 4.79 Å². The minimum Gasteiger partial charge on any atom is -0.497 e. The zero-order chi connectivity index (χ0) is 14.8. The van der Waals surface area contributed by atoms with Crippen LogP contribution in [-0.4, -0.2) is 22.7 Å². The number of fused-ring (bicyclic) bond motifs is 1. The summed E-state index contributed by atoms with van der Waals surface area (Å²) in [6, 6.07) is 15.1. The van der Waals surface area contributed by atoms with Gasteiger partial charge in [-0.25, -0.2) is 0 Å². The maximum Gasteiger partial charge on any atom is 0.169 e. The second kappa shape index (κ2) is 5.40. The van der Waals surface area contributed by atoms with E-state index in [0.29, 0.717) is 11.3 Å². The molecule has 106 valence electrons. The molecule has 21 heavy (non-hydrogen) atoms. The molecule has 0 bridgehead atoms. The van der Waals surface area contributed by atoms with E-state index in [-0.39, 0.29) is 12.2 Å². The van der Waals surface area contributed by atoms with E-state index < -0.39 is 0 Å². The monoisotopic (exact) mass is 280 g/mol. The number of para-hydroxylation sites is 1. The Balaban J connectivity index is 1.93. The van der Waals surface area contributed by atoms with Gasteiger partial charge in [-0.15, -0.1) is 0 Å². The van der Waals surface area contributed by atoms with Gasteiger partial charge >= 0.3 is 0 Å². The van der Waals surface area contributed by atoms with Crippen molar-refractivity contribution in [3.63, 3.8) is 0 Å². The zero-order valence-corrected chi connectivity index (χ0v) is 12.0. The zero-order valence-electron chi connectivity index (χ0n) is 12.0. The molecule has 0 aliphatic carbocycles. The summed E-state index contributed by atoms with van der Waals surface area (Å²) >= 11 is 0. The van der Waals surface area contributed by atoms with Gasteiger partial charge in [0.1, 0.15) is 5.75 Å². The molecule has 3 rings (SSSR count). The van der Waals surface area contributed by atoms with Crippen LogP contribution in [0.3, 0.4) is 0 Å². The molecule has 0 aliphatic rings. The molecule has 0 saturated heterocycles. The fraction of sp³-hybridized carbons (Fsp3) is 0.176. The lowest BCUT2D eigenvalue weighted by molar-refractivity contribution is 0.0992. The molecule has 0 saturated carbocycles. The molecule has 0 atom stereocenters. The van der Waals surface area contributed by atoms with Crippen molar-refractivity contribution in [2.75, 3.05) is 7.11 Å². The van der Waals surface area contributed by atoms with Crippen molar-refractivity contribution >= 4 is 16.7 Å². The van der Waals surface area contributed by atoms with Gasteiger partial charge in [-0.05, 0) is 18.2 Å². The average Bonchev–Trinajstić information content (AvgIpc) is 2.84. The third kappa shape index (κ3) is 2.52. The molecule has 4 heteroatoms. The Labute approximate surface area is 123 Å². The molecule has 4 nitrogen and oxygen atoms in total. The van der Waals surface area contributed by atoms with Gasteiger partial charge < -0.3 is 4.74 Å². The van der Waals surface area contributed by atoms with Crippen molar-refractivity contribution in [3.05, 3.63) is 59.8 Å². The largest absolute Gasteiger partial charge is 0.497 e. The van der Waals surface area contributed by atoms with Crippen molar-refractivity contribution in [3.8, 4) is 5.75 Å². The minimum absolute atomic E-state index is 0.0396. The number of benzene rings is 2. The third-order valence-electron chi connectivity index (χ3n) is 3.55. The van der Waals surface area contributed by atoms with Crippen LogP contribution in [0.4, 0.5) is 0 Å². The van der Waals surface area contributed by atoms with Crippen LogP contribution in [0.1, 0.15) is 16.1 Å². The van der Waals surface area contributed by atoms with Gasteiger partial charge in [0.2, 0.25) is 0 Å². The molecule has 0 aliphatic heterocycles. The molecule has 1 heterocycles. The first-order valence-electron chi connectivity index (χ1n) is 6.77. The van der Waals surface area contributed by atoms with Gasteiger partial charge in [0.05, 0.1) is 24.7 Å². The predicted octanol–water partition coefficient (Wildman–Crippen LogP) is 3.01. The summed E-state index contributed by atoms with van der Waals surface area (Å²) in [6.07, 6.45) is 0.286. The Kier molecular flexibility index (Phi) is 3.44. The van der Waals surface area contributed by atoms with Crippen LogP contribution < -0.4 is 4.74 Å². The van der Waals surface area contributed by atoms with Crippen LogP contribution in [0.5, 0.6) is 5.75 Å². The number of carbonyl (C=O) groups is 1. The van der Waals surface area contributed by atoms with Gasteiger partial charge in [-0.2, -0.15) is 5.10 Å². The summed E-state index contributed by atoms with van der Waals surface area (Å²) in [5.74, 6) is 0.726. The van der Waals surface area contributed by atoms with Crippen molar-refractivity contribution in [2.45, 2.75) is 6.42 Å². The second-order valence-electron chi connectivity index (χ2n) is 4.92. The Morgan fingerprint density at radius 3 is 2.81 bits per heavy atom. The van der Waals surface area contributed by atoms with Crippen molar-refractivity contribution in [1.82, 2.24) is 9.78 Å².